The van der Waals surface area contributed by atoms with E-state index in [-0.39, 0.29) is 0 Å². The van der Waals surface area contributed by atoms with Gasteiger partial charge in [0.25, 0.3) is 0 Å². The van der Waals surface area contributed by atoms with Gasteiger partial charge >= 0.3 is 0 Å². The molecule has 1 aromatic heterocycles. The minimum Gasteiger partial charge on any atom is -0.384 e. The van der Waals surface area contributed by atoms with Gasteiger partial charge in [0.1, 0.15) is 11.3 Å². The van der Waals surface area contributed by atoms with Crippen molar-refractivity contribution in [3.63, 3.8) is 0 Å². The SMILES string of the molecule is CCOC(OCC)c1ccc(C(O)c2ccc3nc(Cl)cc(-c4cccc(Cl)c4)c3c2)cc1. The van der Waals surface area contributed by atoms with E-state index in [4.69, 9.17) is 32.7 Å². The number of pyridine rings is 1. The largest absolute Gasteiger partial charge is 0.384 e. The first-order chi connectivity index (χ1) is 16.0. The van der Waals surface area contributed by atoms with Crippen LogP contribution in [0, 0.1) is 0 Å². The van der Waals surface area contributed by atoms with Gasteiger partial charge in [0.2, 0.25) is 0 Å². The van der Waals surface area contributed by atoms with E-state index in [0.29, 0.717) is 23.4 Å². The number of aliphatic hydroxyl groups excluding tert-OH is 1. The molecule has 0 aliphatic heterocycles. The zero-order chi connectivity index (χ0) is 23.4. The van der Waals surface area contributed by atoms with Crippen molar-refractivity contribution < 1.29 is 14.6 Å². The van der Waals surface area contributed by atoms with Crippen molar-refractivity contribution in [3.05, 3.63) is 99.7 Å². The fraction of sp³-hybridized carbons (Fsp3) is 0.222. The lowest BCUT2D eigenvalue weighted by atomic mass is 9.95. The molecule has 1 N–H and O–H groups in total. The topological polar surface area (TPSA) is 51.6 Å². The first-order valence-electron chi connectivity index (χ1n) is 10.9. The van der Waals surface area contributed by atoms with Gasteiger partial charge in [0.15, 0.2) is 6.29 Å². The lowest BCUT2D eigenvalue weighted by Crippen LogP contribution is -2.09. The van der Waals surface area contributed by atoms with Gasteiger partial charge in [-0.3, -0.25) is 0 Å². The Morgan fingerprint density at radius 2 is 1.48 bits per heavy atom. The minimum atomic E-state index is -0.802. The number of nitrogens with zero attached hydrogens (tertiary/aromatic N) is 1. The lowest BCUT2D eigenvalue weighted by molar-refractivity contribution is -0.140. The molecule has 0 fully saturated rings. The van der Waals surface area contributed by atoms with Crippen LogP contribution >= 0.6 is 23.2 Å². The van der Waals surface area contributed by atoms with Gasteiger partial charge in [0.05, 0.1) is 5.52 Å². The van der Waals surface area contributed by atoms with E-state index in [2.05, 4.69) is 4.98 Å². The van der Waals surface area contributed by atoms with Crippen LogP contribution in [0.2, 0.25) is 10.2 Å². The third-order valence-electron chi connectivity index (χ3n) is 5.41. The van der Waals surface area contributed by atoms with Crippen LogP contribution in [0.3, 0.4) is 0 Å². The fourth-order valence-electron chi connectivity index (χ4n) is 3.85. The predicted octanol–water partition coefficient (Wildman–Crippen LogP) is 7.36. The van der Waals surface area contributed by atoms with Crippen molar-refractivity contribution in [1.82, 2.24) is 4.98 Å². The van der Waals surface area contributed by atoms with E-state index in [1.165, 1.54) is 0 Å². The molecule has 0 spiro atoms. The highest BCUT2D eigenvalue weighted by Crippen LogP contribution is 2.34. The first kappa shape index (κ1) is 23.7. The van der Waals surface area contributed by atoms with E-state index in [0.717, 1.165) is 38.7 Å². The van der Waals surface area contributed by atoms with Crippen LogP contribution < -0.4 is 0 Å². The van der Waals surface area contributed by atoms with Crippen molar-refractivity contribution >= 4 is 34.1 Å². The number of halogens is 2. The molecule has 1 unspecified atom stereocenters. The highest BCUT2D eigenvalue weighted by molar-refractivity contribution is 6.31. The van der Waals surface area contributed by atoms with Crippen LogP contribution in [0.4, 0.5) is 0 Å². The molecular formula is C27H25Cl2NO3. The van der Waals surface area contributed by atoms with Gasteiger partial charge in [0, 0.05) is 29.2 Å². The summed E-state index contributed by atoms with van der Waals surface area (Å²) in [6.45, 7) is 4.98. The predicted molar refractivity (Wildman–Crippen MR) is 134 cm³/mol. The van der Waals surface area contributed by atoms with Gasteiger partial charge in [-0.05, 0) is 66.4 Å². The Bertz CT molecular complexity index is 1240. The summed E-state index contributed by atoms with van der Waals surface area (Å²) in [6.07, 6.45) is -1.22. The normalized spacial score (nSPS) is 12.4. The van der Waals surface area contributed by atoms with Crippen LogP contribution in [0.5, 0.6) is 0 Å². The Hall–Kier alpha value is -2.47. The summed E-state index contributed by atoms with van der Waals surface area (Å²) in [5, 5.41) is 13.1. The second kappa shape index (κ2) is 10.6. The summed E-state index contributed by atoms with van der Waals surface area (Å²) in [5.41, 5.74) is 5.04. The minimum absolute atomic E-state index is 0.402. The highest BCUT2D eigenvalue weighted by Gasteiger charge is 2.16. The smallest absolute Gasteiger partial charge is 0.183 e. The van der Waals surface area contributed by atoms with Gasteiger partial charge in [-0.1, -0.05) is 65.7 Å². The zero-order valence-electron chi connectivity index (χ0n) is 18.5. The Kier molecular flexibility index (Phi) is 7.63. The van der Waals surface area contributed by atoms with E-state index in [9.17, 15) is 5.11 Å². The molecule has 0 aliphatic carbocycles. The third kappa shape index (κ3) is 5.37. The van der Waals surface area contributed by atoms with Crippen LogP contribution in [0.1, 0.15) is 42.9 Å². The number of hydrogen-bond donors (Lipinski definition) is 1. The second-order valence-electron chi connectivity index (χ2n) is 7.59. The van der Waals surface area contributed by atoms with Gasteiger partial charge < -0.3 is 14.6 Å². The molecule has 170 valence electrons. The maximum Gasteiger partial charge on any atom is 0.183 e. The molecule has 0 aliphatic rings. The molecule has 1 atom stereocenters. The quantitative estimate of drug-likeness (QED) is 0.211. The van der Waals surface area contributed by atoms with E-state index < -0.39 is 12.4 Å². The number of aliphatic hydroxyl groups is 1. The summed E-state index contributed by atoms with van der Waals surface area (Å²) in [6, 6.07) is 22.8. The summed E-state index contributed by atoms with van der Waals surface area (Å²) in [7, 11) is 0. The molecule has 0 saturated heterocycles. The van der Waals surface area contributed by atoms with E-state index in [1.807, 2.05) is 86.6 Å². The van der Waals surface area contributed by atoms with E-state index in [1.54, 1.807) is 0 Å². The average Bonchev–Trinajstić information content (AvgIpc) is 2.83. The summed E-state index contributed by atoms with van der Waals surface area (Å²) in [4.78, 5) is 4.45. The molecule has 33 heavy (non-hydrogen) atoms. The van der Waals surface area contributed by atoms with Crippen LogP contribution in [-0.2, 0) is 9.47 Å². The van der Waals surface area contributed by atoms with Gasteiger partial charge in [-0.25, -0.2) is 4.98 Å². The third-order valence-corrected chi connectivity index (χ3v) is 5.84. The average molecular weight is 482 g/mol. The monoisotopic (exact) mass is 481 g/mol. The molecule has 0 radical (unpaired) electrons. The number of rotatable bonds is 8. The molecule has 4 rings (SSSR count). The maximum absolute atomic E-state index is 11.1. The van der Waals surface area contributed by atoms with Gasteiger partial charge in [-0.15, -0.1) is 0 Å². The highest BCUT2D eigenvalue weighted by atomic mass is 35.5. The van der Waals surface area contributed by atoms with Crippen LogP contribution in [0.25, 0.3) is 22.0 Å². The Morgan fingerprint density at radius 3 is 2.15 bits per heavy atom. The standard InChI is InChI=1S/C27H25Cl2NO3/c1-3-32-27(33-4-2)18-10-8-17(9-11-18)26(31)20-12-13-24-23(15-20)22(16-25(29)30-24)19-6-5-7-21(28)14-19/h5-16,26-27,31H,3-4H2,1-2H3. The van der Waals surface area contributed by atoms with Crippen molar-refractivity contribution in [2.75, 3.05) is 13.2 Å². The van der Waals surface area contributed by atoms with E-state index >= 15 is 0 Å². The molecule has 4 nitrogen and oxygen atoms in total. The molecular weight excluding hydrogens is 457 g/mol. The zero-order valence-corrected chi connectivity index (χ0v) is 20.0. The number of fused-ring (bicyclic) bond motifs is 1. The maximum atomic E-state index is 11.1. The first-order valence-corrected chi connectivity index (χ1v) is 11.6. The fourth-order valence-corrected chi connectivity index (χ4v) is 4.24. The number of ether oxygens (including phenoxy) is 2. The van der Waals surface area contributed by atoms with Crippen molar-refractivity contribution in [1.29, 1.82) is 0 Å². The van der Waals surface area contributed by atoms with Crippen molar-refractivity contribution in [2.45, 2.75) is 26.2 Å². The Balaban J connectivity index is 1.70. The molecule has 0 bridgehead atoms. The Labute approximate surface area is 203 Å². The number of aromatic nitrogens is 1. The lowest BCUT2D eigenvalue weighted by Gasteiger charge is -2.19. The summed E-state index contributed by atoms with van der Waals surface area (Å²) >= 11 is 12.5. The number of benzene rings is 3. The molecule has 4 aromatic rings. The molecule has 0 amide bonds. The summed E-state index contributed by atoms with van der Waals surface area (Å²) < 4.78 is 11.3. The second-order valence-corrected chi connectivity index (χ2v) is 8.41. The molecule has 1 heterocycles. The molecule has 3 aromatic carbocycles. The van der Waals surface area contributed by atoms with Crippen LogP contribution in [-0.4, -0.2) is 23.3 Å². The number of hydrogen-bond acceptors (Lipinski definition) is 4. The summed E-state index contributed by atoms with van der Waals surface area (Å²) in [5.74, 6) is 0. The van der Waals surface area contributed by atoms with Gasteiger partial charge in [-0.2, -0.15) is 0 Å². The molecule has 0 saturated carbocycles. The van der Waals surface area contributed by atoms with Crippen molar-refractivity contribution in [2.24, 2.45) is 0 Å². The van der Waals surface area contributed by atoms with Crippen molar-refractivity contribution in [3.8, 4) is 11.1 Å². The Morgan fingerprint density at radius 1 is 0.818 bits per heavy atom. The van der Waals surface area contributed by atoms with Crippen LogP contribution in [0.15, 0.2) is 72.8 Å². The molecule has 6 heteroatoms.